The molecule has 3 aromatic rings. The fourth-order valence-corrected chi connectivity index (χ4v) is 3.08. The summed E-state index contributed by atoms with van der Waals surface area (Å²) < 4.78 is 6.73. The van der Waals surface area contributed by atoms with Crippen molar-refractivity contribution in [3.63, 3.8) is 0 Å². The summed E-state index contributed by atoms with van der Waals surface area (Å²) in [5, 5.41) is 10.9. The minimum atomic E-state index is -0.822. The number of hydrogen-bond donors (Lipinski definition) is 1. The number of nitrogens with zero attached hydrogens (tertiary/aromatic N) is 4. The second-order valence-electron chi connectivity index (χ2n) is 6.78. The molecule has 1 N–H and O–H groups in total. The molecule has 8 nitrogen and oxygen atoms in total. The van der Waals surface area contributed by atoms with Crippen molar-refractivity contribution in [1.82, 2.24) is 25.2 Å². The highest BCUT2D eigenvalue weighted by Gasteiger charge is 2.27. The summed E-state index contributed by atoms with van der Waals surface area (Å²) in [7, 11) is 3.34. The van der Waals surface area contributed by atoms with E-state index in [9.17, 15) is 9.59 Å². The van der Waals surface area contributed by atoms with Gasteiger partial charge in [-0.15, -0.1) is 5.10 Å². The van der Waals surface area contributed by atoms with Crippen LogP contribution in [0.5, 0.6) is 5.75 Å². The van der Waals surface area contributed by atoms with Gasteiger partial charge >= 0.3 is 0 Å². The molecule has 30 heavy (non-hydrogen) atoms. The number of carbonyl (C=O) groups excluding carboxylic acids is 2. The van der Waals surface area contributed by atoms with Crippen molar-refractivity contribution >= 4 is 11.8 Å². The van der Waals surface area contributed by atoms with Gasteiger partial charge in [0.1, 0.15) is 17.5 Å². The van der Waals surface area contributed by atoms with Gasteiger partial charge < -0.3 is 15.0 Å². The van der Waals surface area contributed by atoms with Crippen molar-refractivity contribution in [3.8, 4) is 5.75 Å². The summed E-state index contributed by atoms with van der Waals surface area (Å²) in [5.41, 5.74) is 1.84. The first-order valence-electron chi connectivity index (χ1n) is 9.65. The molecule has 2 aromatic carbocycles. The molecule has 1 unspecified atom stereocenters. The Kier molecular flexibility index (Phi) is 6.79. The lowest BCUT2D eigenvalue weighted by Crippen LogP contribution is -2.42. The van der Waals surface area contributed by atoms with Gasteiger partial charge in [0.15, 0.2) is 0 Å². The van der Waals surface area contributed by atoms with Crippen LogP contribution in [0.25, 0.3) is 0 Å². The van der Waals surface area contributed by atoms with Crippen LogP contribution < -0.4 is 10.1 Å². The lowest BCUT2D eigenvalue weighted by Gasteiger charge is -2.26. The summed E-state index contributed by atoms with van der Waals surface area (Å²) in [6.45, 7) is 2.67. The van der Waals surface area contributed by atoms with Crippen molar-refractivity contribution in [2.24, 2.45) is 7.05 Å². The molecule has 156 valence electrons. The molecule has 0 saturated carbocycles. The van der Waals surface area contributed by atoms with Gasteiger partial charge in [-0.25, -0.2) is 0 Å². The summed E-state index contributed by atoms with van der Waals surface area (Å²) in [4.78, 5) is 27.9. The minimum absolute atomic E-state index is 0.212. The van der Waals surface area contributed by atoms with Crippen molar-refractivity contribution in [2.45, 2.75) is 19.5 Å². The third-order valence-electron chi connectivity index (χ3n) is 4.70. The Morgan fingerprint density at radius 2 is 1.83 bits per heavy atom. The zero-order chi connectivity index (χ0) is 21.5. The summed E-state index contributed by atoms with van der Waals surface area (Å²) in [6.07, 6.45) is 1.77. The molecule has 0 radical (unpaired) electrons. The van der Waals surface area contributed by atoms with Crippen LogP contribution in [0.3, 0.4) is 0 Å². The molecule has 0 aliphatic rings. The molecule has 1 heterocycles. The van der Waals surface area contributed by atoms with E-state index in [0.29, 0.717) is 35.7 Å². The smallest absolute Gasteiger partial charge is 0.252 e. The average molecular weight is 407 g/mol. The lowest BCUT2D eigenvalue weighted by molar-refractivity contribution is -0.133. The van der Waals surface area contributed by atoms with E-state index in [1.165, 1.54) is 0 Å². The molecule has 0 bridgehead atoms. The van der Waals surface area contributed by atoms with Crippen molar-refractivity contribution in [2.75, 3.05) is 13.7 Å². The highest BCUT2D eigenvalue weighted by atomic mass is 16.5. The van der Waals surface area contributed by atoms with Crippen molar-refractivity contribution in [3.05, 3.63) is 77.6 Å². The average Bonchev–Trinajstić information content (AvgIpc) is 3.20. The predicted molar refractivity (Wildman–Crippen MR) is 112 cm³/mol. The Hall–Kier alpha value is -3.68. The van der Waals surface area contributed by atoms with Crippen LogP contribution in [0.2, 0.25) is 0 Å². The topological polar surface area (TPSA) is 89.4 Å². The molecule has 0 aliphatic heterocycles. The number of aromatic nitrogens is 3. The number of methoxy groups -OCH3 is 1. The van der Waals surface area contributed by atoms with E-state index in [0.717, 1.165) is 0 Å². The van der Waals surface area contributed by atoms with Gasteiger partial charge in [-0.05, 0) is 36.8 Å². The minimum Gasteiger partial charge on any atom is -0.497 e. The van der Waals surface area contributed by atoms with Gasteiger partial charge in [-0.3, -0.25) is 14.3 Å². The number of hydrogen-bond acceptors (Lipinski definition) is 5. The number of benzene rings is 2. The largest absolute Gasteiger partial charge is 0.497 e. The third-order valence-corrected chi connectivity index (χ3v) is 4.70. The molecule has 0 saturated heterocycles. The zero-order valence-electron chi connectivity index (χ0n) is 17.3. The standard InChI is InChI=1S/C22H25N5O3/c1-4-27(15-18-14-26(2)25-24-18)22(29)20(16-8-6-5-7-9-16)23-21(28)17-10-12-19(30-3)13-11-17/h5-14,20H,4,15H2,1-3H3,(H,23,28). The van der Waals surface area contributed by atoms with Crippen molar-refractivity contribution in [1.29, 1.82) is 0 Å². The number of likely N-dealkylation sites (N-methyl/N-ethyl adjacent to an activating group) is 1. The van der Waals surface area contributed by atoms with Crippen molar-refractivity contribution < 1.29 is 14.3 Å². The van der Waals surface area contributed by atoms with Gasteiger partial charge in [0, 0.05) is 25.4 Å². The van der Waals surface area contributed by atoms with Crippen LogP contribution in [-0.4, -0.2) is 45.4 Å². The molecule has 8 heteroatoms. The number of rotatable bonds is 8. The first kappa shape index (κ1) is 21.0. The number of amides is 2. The summed E-state index contributed by atoms with van der Waals surface area (Å²) >= 11 is 0. The van der Waals surface area contributed by atoms with E-state index >= 15 is 0 Å². The molecule has 3 rings (SSSR count). The van der Waals surface area contributed by atoms with E-state index in [1.807, 2.05) is 37.3 Å². The maximum atomic E-state index is 13.4. The second kappa shape index (κ2) is 9.69. The monoisotopic (exact) mass is 407 g/mol. The van der Waals surface area contributed by atoms with E-state index in [4.69, 9.17) is 4.74 Å². The zero-order valence-corrected chi connectivity index (χ0v) is 17.3. The number of nitrogens with one attached hydrogen (secondary N) is 1. The van der Waals surface area contributed by atoms with Crippen LogP contribution in [-0.2, 0) is 18.4 Å². The Balaban J connectivity index is 1.83. The van der Waals surface area contributed by atoms with E-state index in [2.05, 4.69) is 15.6 Å². The quantitative estimate of drug-likeness (QED) is 0.619. The van der Waals surface area contributed by atoms with E-state index in [1.54, 1.807) is 54.2 Å². The molecule has 0 fully saturated rings. The normalized spacial score (nSPS) is 11.6. The first-order valence-corrected chi connectivity index (χ1v) is 9.65. The molecular formula is C22H25N5O3. The Morgan fingerprint density at radius 3 is 2.40 bits per heavy atom. The van der Waals surface area contributed by atoms with Gasteiger partial charge in [-0.2, -0.15) is 0 Å². The van der Waals surface area contributed by atoms with Crippen LogP contribution >= 0.6 is 0 Å². The fraction of sp³-hybridized carbons (Fsp3) is 0.273. The summed E-state index contributed by atoms with van der Waals surface area (Å²) in [6, 6.07) is 15.1. The van der Waals surface area contributed by atoms with E-state index in [-0.39, 0.29) is 11.8 Å². The lowest BCUT2D eigenvalue weighted by atomic mass is 10.0. The number of ether oxygens (including phenoxy) is 1. The molecule has 1 atom stereocenters. The predicted octanol–water partition coefficient (Wildman–Crippen LogP) is 2.34. The van der Waals surface area contributed by atoms with Gasteiger partial charge in [0.05, 0.1) is 13.7 Å². The highest BCUT2D eigenvalue weighted by Crippen LogP contribution is 2.19. The maximum absolute atomic E-state index is 13.4. The van der Waals surface area contributed by atoms with E-state index < -0.39 is 6.04 Å². The SMILES string of the molecule is CCN(Cc1cn(C)nn1)C(=O)C(NC(=O)c1ccc(OC)cc1)c1ccccc1. The Morgan fingerprint density at radius 1 is 1.13 bits per heavy atom. The van der Waals surface area contributed by atoms with Crippen LogP contribution in [0.15, 0.2) is 60.8 Å². The first-order chi connectivity index (χ1) is 14.5. The molecule has 1 aromatic heterocycles. The van der Waals surface area contributed by atoms with Gasteiger partial charge in [0.25, 0.3) is 5.91 Å². The molecule has 2 amide bonds. The maximum Gasteiger partial charge on any atom is 0.252 e. The Bertz CT molecular complexity index is 986. The number of carbonyl (C=O) groups is 2. The van der Waals surface area contributed by atoms with Gasteiger partial charge in [-0.1, -0.05) is 35.5 Å². The van der Waals surface area contributed by atoms with Crippen LogP contribution in [0, 0.1) is 0 Å². The molecular weight excluding hydrogens is 382 g/mol. The van der Waals surface area contributed by atoms with Gasteiger partial charge in [0.2, 0.25) is 5.91 Å². The number of aryl methyl sites for hydroxylation is 1. The molecule has 0 aliphatic carbocycles. The molecule has 0 spiro atoms. The third kappa shape index (κ3) is 5.02. The van der Waals surface area contributed by atoms with Crippen LogP contribution in [0.1, 0.15) is 34.6 Å². The fourth-order valence-electron chi connectivity index (χ4n) is 3.08. The highest BCUT2D eigenvalue weighted by molar-refractivity contribution is 5.98. The summed E-state index contributed by atoms with van der Waals surface area (Å²) in [5.74, 6) is 0.106. The Labute approximate surface area is 175 Å². The van der Waals surface area contributed by atoms with Crippen LogP contribution in [0.4, 0.5) is 0 Å². The second-order valence-corrected chi connectivity index (χ2v) is 6.78.